The van der Waals surface area contributed by atoms with Gasteiger partial charge in [0.2, 0.25) is 0 Å². The summed E-state index contributed by atoms with van der Waals surface area (Å²) in [4.78, 5) is 2.56. The highest BCUT2D eigenvalue weighted by molar-refractivity contribution is 6.18. The maximum Gasteiger partial charge on any atom is 0.0512 e. The van der Waals surface area contributed by atoms with Crippen LogP contribution < -0.4 is 4.90 Å². The molecule has 2 aliphatic carbocycles. The summed E-state index contributed by atoms with van der Waals surface area (Å²) in [7, 11) is 0. The molecule has 0 spiro atoms. The van der Waals surface area contributed by atoms with E-state index in [9.17, 15) is 0 Å². The average Bonchev–Trinajstić information content (AvgIpc) is 3.13. The van der Waals surface area contributed by atoms with Gasteiger partial charge in [-0.2, -0.15) is 0 Å². The molecule has 51 heavy (non-hydrogen) atoms. The third kappa shape index (κ3) is 4.21. The molecule has 0 aliphatic heterocycles. The molecule has 0 radical (unpaired) electrons. The zero-order valence-electron chi connectivity index (χ0n) is 31.2. The van der Waals surface area contributed by atoms with Gasteiger partial charge >= 0.3 is 0 Å². The number of anilines is 3. The van der Waals surface area contributed by atoms with Crippen molar-refractivity contribution in [3.05, 3.63) is 162 Å². The fourth-order valence-electron chi connectivity index (χ4n) is 9.50. The molecule has 0 N–H and O–H groups in total. The van der Waals surface area contributed by atoms with Crippen molar-refractivity contribution in [2.45, 2.75) is 77.0 Å². The van der Waals surface area contributed by atoms with E-state index in [1.807, 2.05) is 0 Å². The van der Waals surface area contributed by atoms with E-state index in [2.05, 4.69) is 200 Å². The van der Waals surface area contributed by atoms with Crippen molar-refractivity contribution in [3.8, 4) is 22.3 Å². The van der Waals surface area contributed by atoms with Crippen LogP contribution in [0.5, 0.6) is 0 Å². The Morgan fingerprint density at radius 1 is 0.392 bits per heavy atom. The Balaban J connectivity index is 1.42. The van der Waals surface area contributed by atoms with Crippen molar-refractivity contribution >= 4 is 38.6 Å². The minimum atomic E-state index is -0.210. The molecule has 7 aromatic carbocycles. The minimum Gasteiger partial charge on any atom is -0.310 e. The van der Waals surface area contributed by atoms with E-state index in [1.54, 1.807) is 0 Å². The van der Waals surface area contributed by atoms with Gasteiger partial charge < -0.3 is 4.90 Å². The van der Waals surface area contributed by atoms with Crippen LogP contribution in [0, 0.1) is 0 Å². The van der Waals surface area contributed by atoms with Gasteiger partial charge in [0.1, 0.15) is 0 Å². The number of rotatable bonds is 3. The van der Waals surface area contributed by atoms with Gasteiger partial charge in [0.25, 0.3) is 0 Å². The molecule has 0 saturated carbocycles. The van der Waals surface area contributed by atoms with Crippen molar-refractivity contribution in [1.29, 1.82) is 0 Å². The summed E-state index contributed by atoms with van der Waals surface area (Å²) in [6, 6.07) is 52.5. The highest BCUT2D eigenvalue weighted by atomic mass is 15.1. The first-order chi connectivity index (χ1) is 24.4. The van der Waals surface area contributed by atoms with Crippen LogP contribution in [0.25, 0.3) is 43.8 Å². The van der Waals surface area contributed by atoms with Gasteiger partial charge in [0, 0.05) is 16.8 Å². The van der Waals surface area contributed by atoms with E-state index in [4.69, 9.17) is 0 Å². The van der Waals surface area contributed by atoms with Crippen molar-refractivity contribution in [2.75, 3.05) is 4.90 Å². The fourth-order valence-corrected chi connectivity index (χ4v) is 9.50. The molecule has 1 nitrogen and oxygen atoms in total. The molecule has 252 valence electrons. The summed E-state index contributed by atoms with van der Waals surface area (Å²) < 4.78 is 0. The number of fused-ring (bicyclic) bond motifs is 10. The molecule has 1 heteroatoms. The average molecular weight is 662 g/mol. The Morgan fingerprint density at radius 3 is 1.69 bits per heavy atom. The van der Waals surface area contributed by atoms with E-state index >= 15 is 0 Å². The van der Waals surface area contributed by atoms with Crippen LogP contribution in [0.1, 0.15) is 77.6 Å². The van der Waals surface area contributed by atoms with Crippen LogP contribution in [-0.2, 0) is 21.7 Å². The molecule has 0 unspecified atom stereocenters. The Kier molecular flexibility index (Phi) is 6.67. The molecule has 0 heterocycles. The van der Waals surface area contributed by atoms with Crippen LogP contribution in [0.3, 0.4) is 0 Å². The van der Waals surface area contributed by atoms with Crippen LogP contribution in [0.15, 0.2) is 140 Å². The van der Waals surface area contributed by atoms with E-state index in [-0.39, 0.29) is 21.7 Å². The van der Waals surface area contributed by atoms with Crippen LogP contribution >= 0.6 is 0 Å². The zero-order chi connectivity index (χ0) is 35.5. The van der Waals surface area contributed by atoms with E-state index in [0.29, 0.717) is 0 Å². The van der Waals surface area contributed by atoms with Gasteiger partial charge in [-0.25, -0.2) is 0 Å². The highest BCUT2D eigenvalue weighted by Gasteiger charge is 2.49. The monoisotopic (exact) mass is 661 g/mol. The summed E-state index contributed by atoms with van der Waals surface area (Å²) in [5, 5.41) is 5.20. The van der Waals surface area contributed by atoms with Crippen molar-refractivity contribution in [2.24, 2.45) is 0 Å². The van der Waals surface area contributed by atoms with Crippen molar-refractivity contribution in [1.82, 2.24) is 0 Å². The van der Waals surface area contributed by atoms with Gasteiger partial charge in [-0.3, -0.25) is 0 Å². The topological polar surface area (TPSA) is 3.24 Å². The van der Waals surface area contributed by atoms with Gasteiger partial charge in [0.15, 0.2) is 0 Å². The first-order valence-electron chi connectivity index (χ1n) is 18.5. The Bertz CT molecular complexity index is 2530. The van der Waals surface area contributed by atoms with E-state index in [0.717, 1.165) is 0 Å². The zero-order valence-corrected chi connectivity index (χ0v) is 31.2. The standard InChI is InChI=1S/C50H47N/c1-47(2)40-24-16-14-22-37(40)38-29-28-35(31-42(38)49(47,5)6)51(34-19-10-9-11-20-34)43-30-33-27-26-32-18-12-13-21-36(32)44(33)45-39-23-15-17-25-41(39)48(3,4)50(7,8)46(43)45/h9-31H,1-8H3. The molecule has 9 rings (SSSR count). The summed E-state index contributed by atoms with van der Waals surface area (Å²) in [6.45, 7) is 19.5. The van der Waals surface area contributed by atoms with Gasteiger partial charge in [-0.1, -0.05) is 165 Å². The largest absolute Gasteiger partial charge is 0.310 e. The van der Waals surface area contributed by atoms with Crippen LogP contribution in [0.2, 0.25) is 0 Å². The molecule has 0 amide bonds. The van der Waals surface area contributed by atoms with E-state index < -0.39 is 0 Å². The van der Waals surface area contributed by atoms with Crippen LogP contribution in [-0.4, -0.2) is 0 Å². The lowest BCUT2D eigenvalue weighted by Crippen LogP contribution is -2.44. The second kappa shape index (κ2) is 10.7. The maximum atomic E-state index is 2.56. The normalized spacial score (nSPS) is 17.3. The predicted molar refractivity (Wildman–Crippen MR) is 219 cm³/mol. The number of nitrogens with zero attached hydrogens (tertiary/aromatic N) is 1. The summed E-state index contributed by atoms with van der Waals surface area (Å²) >= 11 is 0. The first-order valence-corrected chi connectivity index (χ1v) is 18.5. The number of hydrogen-bond donors (Lipinski definition) is 0. The number of hydrogen-bond acceptors (Lipinski definition) is 1. The van der Waals surface area contributed by atoms with Gasteiger partial charge in [-0.05, 0) is 113 Å². The highest BCUT2D eigenvalue weighted by Crippen LogP contribution is 2.61. The smallest absolute Gasteiger partial charge is 0.0512 e. The third-order valence-electron chi connectivity index (χ3n) is 13.7. The van der Waals surface area contributed by atoms with Crippen LogP contribution in [0.4, 0.5) is 17.1 Å². The molecule has 7 aromatic rings. The fraction of sp³-hybridized carbons (Fsp3) is 0.240. The molecule has 2 aliphatic rings. The van der Waals surface area contributed by atoms with E-state index in [1.165, 1.54) is 83.1 Å². The minimum absolute atomic E-state index is 0.0499. The summed E-state index contributed by atoms with van der Waals surface area (Å²) in [5.41, 5.74) is 14.2. The molecular formula is C50H47N. The van der Waals surface area contributed by atoms with Gasteiger partial charge in [-0.15, -0.1) is 0 Å². The molecular weight excluding hydrogens is 615 g/mol. The second-order valence-corrected chi connectivity index (χ2v) is 17.0. The molecule has 0 bridgehead atoms. The van der Waals surface area contributed by atoms with Crippen molar-refractivity contribution < 1.29 is 0 Å². The maximum absolute atomic E-state index is 2.56. The molecule has 0 atom stereocenters. The summed E-state index contributed by atoms with van der Waals surface area (Å²) in [6.07, 6.45) is 0. The Hall–Kier alpha value is -5.14. The van der Waals surface area contributed by atoms with Crippen molar-refractivity contribution in [3.63, 3.8) is 0 Å². The molecule has 0 fully saturated rings. The molecule has 0 aromatic heterocycles. The van der Waals surface area contributed by atoms with Gasteiger partial charge in [0.05, 0.1) is 5.69 Å². The molecule has 0 saturated heterocycles. The Morgan fingerprint density at radius 2 is 0.941 bits per heavy atom. The third-order valence-corrected chi connectivity index (χ3v) is 13.7. The Labute approximate surface area is 303 Å². The lowest BCUT2D eigenvalue weighted by atomic mass is 9.54. The lowest BCUT2D eigenvalue weighted by molar-refractivity contribution is 0.299. The predicted octanol–water partition coefficient (Wildman–Crippen LogP) is 13.9. The first kappa shape index (κ1) is 31.8. The lowest BCUT2D eigenvalue weighted by Gasteiger charge is -2.50. The second-order valence-electron chi connectivity index (χ2n) is 17.0. The number of para-hydroxylation sites is 1. The SMILES string of the molecule is CC1(C)c2ccccc2-c2ccc(N(c3ccccc3)c3cc4ccc5ccccc5c4c4c3C(C)(C)C(C)(C)c3ccccc3-4)cc2C1(C)C. The summed E-state index contributed by atoms with van der Waals surface area (Å²) in [5.74, 6) is 0. The number of benzene rings is 7. The quantitative estimate of drug-likeness (QED) is 0.170.